The van der Waals surface area contributed by atoms with Crippen molar-refractivity contribution in [3.05, 3.63) is 255 Å². The van der Waals surface area contributed by atoms with Gasteiger partial charge in [-0.1, -0.05) is 218 Å². The van der Waals surface area contributed by atoms with Gasteiger partial charge in [-0.2, -0.15) is 0 Å². The van der Waals surface area contributed by atoms with Crippen molar-refractivity contribution in [3.8, 4) is 33.6 Å². The van der Waals surface area contributed by atoms with Crippen molar-refractivity contribution in [2.24, 2.45) is 0 Å². The molecule has 2 aromatic heterocycles. The summed E-state index contributed by atoms with van der Waals surface area (Å²) < 4.78 is 5.01. The summed E-state index contributed by atoms with van der Waals surface area (Å²) in [7, 11) is -2.80. The maximum atomic E-state index is 2.54. The smallest absolute Gasteiger partial charge is 0.179 e. The van der Waals surface area contributed by atoms with Crippen molar-refractivity contribution in [3.63, 3.8) is 0 Å². The first-order valence-electron chi connectivity index (χ1n) is 21.8. The molecule has 0 spiro atoms. The van der Waals surface area contributed by atoms with Crippen LogP contribution in [0.25, 0.3) is 77.2 Å². The Labute approximate surface area is 368 Å². The predicted molar refractivity (Wildman–Crippen MR) is 270 cm³/mol. The second-order valence-electron chi connectivity index (χ2n) is 16.5. The van der Waals surface area contributed by atoms with Gasteiger partial charge in [-0.05, 0) is 79.4 Å². The van der Waals surface area contributed by atoms with Gasteiger partial charge in [0.2, 0.25) is 0 Å². The zero-order chi connectivity index (χ0) is 41.7. The van der Waals surface area contributed by atoms with Crippen molar-refractivity contribution < 1.29 is 0 Å². The van der Waals surface area contributed by atoms with Gasteiger partial charge in [-0.25, -0.2) is 0 Å². The van der Waals surface area contributed by atoms with Crippen LogP contribution in [0.1, 0.15) is 0 Å². The van der Waals surface area contributed by atoms with E-state index in [1.54, 1.807) is 0 Å². The third-order valence-electron chi connectivity index (χ3n) is 13.1. The lowest BCUT2D eigenvalue weighted by Crippen LogP contribution is -2.74. The van der Waals surface area contributed by atoms with Crippen LogP contribution in [-0.2, 0) is 0 Å². The molecule has 296 valence electrons. The molecule has 63 heavy (non-hydrogen) atoms. The molecular weight excluding hydrogens is 777 g/mol. The molecule has 10 aromatic carbocycles. The van der Waals surface area contributed by atoms with Crippen molar-refractivity contribution in [2.45, 2.75) is 0 Å². The number of aromatic nitrogens is 2. The van der Waals surface area contributed by atoms with E-state index in [0.717, 1.165) is 11.4 Å². The van der Waals surface area contributed by atoms with Crippen LogP contribution < -0.4 is 20.7 Å². The van der Waals surface area contributed by atoms with Crippen LogP contribution >= 0.6 is 0 Å². The Morgan fingerprint density at radius 2 is 0.730 bits per heavy atom. The Bertz CT molecular complexity index is 3480. The molecule has 2 nitrogen and oxygen atoms in total. The number of nitrogens with zero attached hydrogens (tertiary/aromatic N) is 2. The van der Waals surface area contributed by atoms with Gasteiger partial charge in [0.1, 0.15) is 0 Å². The van der Waals surface area contributed by atoms with E-state index in [1.165, 1.54) is 86.6 Å². The zero-order valence-electron chi connectivity index (χ0n) is 34.6. The molecule has 0 aliphatic rings. The third kappa shape index (κ3) is 5.93. The van der Waals surface area contributed by atoms with E-state index < -0.39 is 8.07 Å². The van der Waals surface area contributed by atoms with Crippen LogP contribution in [-0.4, -0.2) is 17.2 Å². The standard InChI is InChI=1S/C60H42N2Si/c1-6-19-43(20-7-1)45-33-36-47(37-34-45)61-56-31-17-16-29-52(56)54-30-18-32-58(60(54)61)62-57-40-38-51(42-55(57)53-39-35-46(41-59(53)62)44-21-8-2-9-22-44)63(48-23-10-3-11-24-48,49-25-12-4-13-26-49)50-27-14-5-15-28-50/h1-42H. The lowest BCUT2D eigenvalue weighted by molar-refractivity contribution is 1.13. The fourth-order valence-corrected chi connectivity index (χ4v) is 15.0. The lowest BCUT2D eigenvalue weighted by atomic mass is 10.0. The first-order chi connectivity index (χ1) is 31.3. The minimum absolute atomic E-state index is 1.13. The molecule has 0 aliphatic carbocycles. The van der Waals surface area contributed by atoms with Gasteiger partial charge in [-0.3, -0.25) is 0 Å². The second-order valence-corrected chi connectivity index (χ2v) is 20.3. The summed E-state index contributed by atoms with van der Waals surface area (Å²) in [5, 5.41) is 10.4. The van der Waals surface area contributed by atoms with E-state index in [1.807, 2.05) is 0 Å². The molecule has 0 unspecified atom stereocenters. The molecule has 2 heterocycles. The maximum Gasteiger partial charge on any atom is 0.179 e. The first kappa shape index (κ1) is 36.8. The maximum absolute atomic E-state index is 2.80. The van der Waals surface area contributed by atoms with Gasteiger partial charge in [-0.15, -0.1) is 0 Å². The van der Waals surface area contributed by atoms with E-state index in [9.17, 15) is 0 Å². The van der Waals surface area contributed by atoms with E-state index >= 15 is 0 Å². The molecule has 0 amide bonds. The monoisotopic (exact) mass is 818 g/mol. The van der Waals surface area contributed by atoms with Gasteiger partial charge in [0.15, 0.2) is 8.07 Å². The highest BCUT2D eigenvalue weighted by atomic mass is 28.3. The first-order valence-corrected chi connectivity index (χ1v) is 23.8. The second kappa shape index (κ2) is 15.2. The molecule has 12 rings (SSSR count). The summed E-state index contributed by atoms with van der Waals surface area (Å²) in [6.45, 7) is 0. The van der Waals surface area contributed by atoms with Gasteiger partial charge in [0.25, 0.3) is 0 Å². The van der Waals surface area contributed by atoms with Crippen molar-refractivity contribution in [1.29, 1.82) is 0 Å². The molecule has 0 saturated heterocycles. The lowest BCUT2D eigenvalue weighted by Gasteiger charge is -2.34. The highest BCUT2D eigenvalue weighted by Gasteiger charge is 2.41. The summed E-state index contributed by atoms with van der Waals surface area (Å²) in [5.41, 5.74) is 11.8. The van der Waals surface area contributed by atoms with E-state index in [4.69, 9.17) is 0 Å². The third-order valence-corrected chi connectivity index (χ3v) is 17.8. The normalized spacial score (nSPS) is 11.8. The minimum atomic E-state index is -2.80. The SMILES string of the molecule is c1ccc(-c2ccc(-n3c4ccccc4c4cccc(-n5c6ccc([Si](c7ccccc7)(c7ccccc7)c7ccccc7)cc6c6ccc(-c7ccccc7)cc65)c43)cc2)cc1. The molecule has 12 aromatic rings. The molecular formula is C60H42N2Si. The van der Waals surface area contributed by atoms with Crippen molar-refractivity contribution in [1.82, 2.24) is 9.13 Å². The Morgan fingerprint density at radius 1 is 0.254 bits per heavy atom. The Balaban J connectivity index is 1.17. The van der Waals surface area contributed by atoms with Crippen LogP contribution in [0.4, 0.5) is 0 Å². The summed E-state index contributed by atoms with van der Waals surface area (Å²) in [4.78, 5) is 0. The topological polar surface area (TPSA) is 9.86 Å². The van der Waals surface area contributed by atoms with Crippen molar-refractivity contribution >= 4 is 72.4 Å². The highest BCUT2D eigenvalue weighted by molar-refractivity contribution is 7.20. The fourth-order valence-electron chi connectivity index (χ4n) is 10.3. The quantitative estimate of drug-likeness (QED) is 0.107. The van der Waals surface area contributed by atoms with Gasteiger partial charge in [0.05, 0.1) is 27.8 Å². The largest absolute Gasteiger partial charge is 0.307 e. The van der Waals surface area contributed by atoms with Gasteiger partial charge in [0, 0.05) is 27.2 Å². The Kier molecular flexibility index (Phi) is 8.87. The van der Waals surface area contributed by atoms with Crippen molar-refractivity contribution in [2.75, 3.05) is 0 Å². The molecule has 0 atom stereocenters. The van der Waals surface area contributed by atoms with E-state index in [0.29, 0.717) is 0 Å². The fraction of sp³-hybridized carbons (Fsp3) is 0. The van der Waals surface area contributed by atoms with E-state index in [2.05, 4.69) is 264 Å². The molecule has 0 saturated carbocycles. The average Bonchev–Trinajstić information content (AvgIpc) is 3.88. The Hall–Kier alpha value is -7.98. The van der Waals surface area contributed by atoms with Crippen LogP contribution in [0.5, 0.6) is 0 Å². The summed E-state index contributed by atoms with van der Waals surface area (Å²) in [6, 6.07) is 94.3. The highest BCUT2D eigenvalue weighted by Crippen LogP contribution is 2.41. The van der Waals surface area contributed by atoms with Crippen LogP contribution in [0.15, 0.2) is 255 Å². The zero-order valence-corrected chi connectivity index (χ0v) is 35.6. The van der Waals surface area contributed by atoms with E-state index in [-0.39, 0.29) is 0 Å². The molecule has 3 heteroatoms. The summed E-state index contributed by atoms with van der Waals surface area (Å²) in [5.74, 6) is 0. The number of fused-ring (bicyclic) bond motifs is 6. The van der Waals surface area contributed by atoms with Crippen LogP contribution in [0.2, 0.25) is 0 Å². The number of para-hydroxylation sites is 2. The number of benzene rings is 10. The molecule has 0 N–H and O–H groups in total. The van der Waals surface area contributed by atoms with Gasteiger partial charge >= 0.3 is 0 Å². The number of hydrogen-bond donors (Lipinski definition) is 0. The predicted octanol–water partition coefficient (Wildman–Crippen LogP) is 12.6. The molecule has 0 bridgehead atoms. The minimum Gasteiger partial charge on any atom is -0.307 e. The molecule has 0 fully saturated rings. The number of hydrogen-bond acceptors (Lipinski definition) is 0. The summed E-state index contributed by atoms with van der Waals surface area (Å²) in [6.07, 6.45) is 0. The molecule has 0 aliphatic heterocycles. The average molecular weight is 819 g/mol. The summed E-state index contributed by atoms with van der Waals surface area (Å²) >= 11 is 0. The van der Waals surface area contributed by atoms with Gasteiger partial charge < -0.3 is 9.13 Å². The Morgan fingerprint density at radius 3 is 1.35 bits per heavy atom. The molecule has 0 radical (unpaired) electrons. The number of rotatable bonds is 8. The van der Waals surface area contributed by atoms with Crippen LogP contribution in [0.3, 0.4) is 0 Å². The van der Waals surface area contributed by atoms with Crippen LogP contribution in [0, 0.1) is 0 Å².